The lowest BCUT2D eigenvalue weighted by atomic mass is 10.1. The Bertz CT molecular complexity index is 810. The van der Waals surface area contributed by atoms with E-state index in [1.165, 1.54) is 6.07 Å². The molecule has 8 heteroatoms. The lowest BCUT2D eigenvalue weighted by Crippen LogP contribution is -2.39. The number of hydrogen-bond acceptors (Lipinski definition) is 2. The molecule has 1 N–H and O–H groups in total. The van der Waals surface area contributed by atoms with Crippen LogP contribution in [0, 0.1) is 5.82 Å². The molecule has 1 fully saturated rings. The minimum Gasteiger partial charge on any atom is -0.376 e. The Morgan fingerprint density at radius 2 is 2.04 bits per heavy atom. The van der Waals surface area contributed by atoms with Gasteiger partial charge in [0.25, 0.3) is 0 Å². The van der Waals surface area contributed by atoms with Gasteiger partial charge in [-0.05, 0) is 55.4 Å². The lowest BCUT2D eigenvalue weighted by Gasteiger charge is -2.29. The Kier molecular flexibility index (Phi) is 7.17. The second-order valence-electron chi connectivity index (χ2n) is 6.27. The third kappa shape index (κ3) is 5.46. The zero-order chi connectivity index (χ0) is 19.4. The summed E-state index contributed by atoms with van der Waals surface area (Å²) in [7, 11) is 0. The molecule has 0 unspecified atom stereocenters. The van der Waals surface area contributed by atoms with Crippen molar-refractivity contribution in [2.45, 2.75) is 25.5 Å². The quantitative estimate of drug-likeness (QED) is 0.554. The van der Waals surface area contributed by atoms with E-state index in [4.69, 9.17) is 51.8 Å². The largest absolute Gasteiger partial charge is 0.376 e. The van der Waals surface area contributed by atoms with Gasteiger partial charge in [0, 0.05) is 35.3 Å². The van der Waals surface area contributed by atoms with Crippen molar-refractivity contribution in [2.24, 2.45) is 0 Å². The summed E-state index contributed by atoms with van der Waals surface area (Å²) >= 11 is 24.0. The summed E-state index contributed by atoms with van der Waals surface area (Å²) < 4.78 is 20.0. The predicted molar refractivity (Wildman–Crippen MR) is 113 cm³/mol. The van der Waals surface area contributed by atoms with E-state index in [2.05, 4.69) is 5.32 Å². The number of benzene rings is 2. The van der Waals surface area contributed by atoms with E-state index < -0.39 is 0 Å². The van der Waals surface area contributed by atoms with Crippen molar-refractivity contribution < 1.29 is 9.13 Å². The van der Waals surface area contributed by atoms with Crippen molar-refractivity contribution in [1.29, 1.82) is 0 Å². The molecule has 27 heavy (non-hydrogen) atoms. The van der Waals surface area contributed by atoms with E-state index in [0.29, 0.717) is 38.0 Å². The Morgan fingerprint density at radius 1 is 1.22 bits per heavy atom. The topological polar surface area (TPSA) is 24.5 Å². The molecule has 0 aliphatic carbocycles. The van der Waals surface area contributed by atoms with Crippen molar-refractivity contribution in [3.05, 3.63) is 62.8 Å². The van der Waals surface area contributed by atoms with Crippen LogP contribution in [-0.4, -0.2) is 29.3 Å². The molecule has 1 aliphatic rings. The molecule has 1 atom stereocenters. The van der Waals surface area contributed by atoms with Gasteiger partial charge in [-0.3, -0.25) is 0 Å². The van der Waals surface area contributed by atoms with Gasteiger partial charge in [0.05, 0.1) is 16.8 Å². The maximum Gasteiger partial charge on any atom is 0.173 e. The number of hydrogen-bond donors (Lipinski definition) is 1. The number of nitrogens with one attached hydrogen (secondary N) is 1. The summed E-state index contributed by atoms with van der Waals surface area (Å²) in [5, 5.41) is 4.88. The van der Waals surface area contributed by atoms with Gasteiger partial charge in [0.1, 0.15) is 5.82 Å². The molecule has 2 aromatic rings. The van der Waals surface area contributed by atoms with Crippen LogP contribution in [0.2, 0.25) is 15.1 Å². The zero-order valence-corrected chi connectivity index (χ0v) is 17.4. The average Bonchev–Trinajstić information content (AvgIpc) is 3.13. The van der Waals surface area contributed by atoms with Crippen molar-refractivity contribution in [2.75, 3.05) is 18.5 Å². The van der Waals surface area contributed by atoms with E-state index in [1.54, 1.807) is 30.3 Å². The van der Waals surface area contributed by atoms with E-state index in [9.17, 15) is 4.39 Å². The molecule has 0 aromatic heterocycles. The van der Waals surface area contributed by atoms with Crippen molar-refractivity contribution in [3.63, 3.8) is 0 Å². The molecule has 3 nitrogen and oxygen atoms in total. The molecule has 0 amide bonds. The van der Waals surface area contributed by atoms with Crippen LogP contribution < -0.4 is 5.32 Å². The van der Waals surface area contributed by atoms with E-state index in [0.717, 1.165) is 19.4 Å². The summed E-state index contributed by atoms with van der Waals surface area (Å²) in [6, 6.07) is 9.70. The van der Waals surface area contributed by atoms with Gasteiger partial charge in [0.2, 0.25) is 0 Å². The van der Waals surface area contributed by atoms with Gasteiger partial charge >= 0.3 is 0 Å². The molecule has 0 radical (unpaired) electrons. The second kappa shape index (κ2) is 9.39. The van der Waals surface area contributed by atoms with Crippen molar-refractivity contribution in [3.8, 4) is 0 Å². The zero-order valence-electron chi connectivity index (χ0n) is 14.4. The highest BCUT2D eigenvalue weighted by molar-refractivity contribution is 7.80. The smallest absolute Gasteiger partial charge is 0.173 e. The average molecular weight is 448 g/mol. The van der Waals surface area contributed by atoms with E-state index in [1.807, 2.05) is 4.90 Å². The highest BCUT2D eigenvalue weighted by Gasteiger charge is 2.23. The Morgan fingerprint density at radius 3 is 2.74 bits per heavy atom. The third-order valence-electron chi connectivity index (χ3n) is 4.32. The summed E-state index contributed by atoms with van der Waals surface area (Å²) in [5.41, 5.74) is 0.977. The van der Waals surface area contributed by atoms with Crippen LogP contribution in [0.5, 0.6) is 0 Å². The number of halogens is 4. The van der Waals surface area contributed by atoms with Crippen LogP contribution in [0.1, 0.15) is 18.4 Å². The molecular weight excluding hydrogens is 430 g/mol. The normalized spacial score (nSPS) is 16.4. The standard InChI is InChI=1S/C19H18Cl3FN2OS/c20-12-6-7-16(22)18(9-12)24-19(27)25(10-13-3-2-8-26-13)11-14-15(21)4-1-5-17(14)23/h1,4-7,9,13H,2-3,8,10-11H2,(H,24,27)/t13-/m1/s1. The first-order valence-corrected chi connectivity index (χ1v) is 10.0. The molecule has 144 valence electrons. The van der Waals surface area contributed by atoms with Gasteiger partial charge in [-0.1, -0.05) is 40.9 Å². The minimum absolute atomic E-state index is 0.0325. The highest BCUT2D eigenvalue weighted by Crippen LogP contribution is 2.27. The molecule has 2 aromatic carbocycles. The molecule has 0 saturated carbocycles. The summed E-state index contributed by atoms with van der Waals surface area (Å²) in [6.07, 6.45) is 1.96. The summed E-state index contributed by atoms with van der Waals surface area (Å²) in [4.78, 5) is 1.84. The van der Waals surface area contributed by atoms with Crippen LogP contribution >= 0.6 is 47.0 Å². The van der Waals surface area contributed by atoms with Gasteiger partial charge in [-0.15, -0.1) is 0 Å². The lowest BCUT2D eigenvalue weighted by molar-refractivity contribution is 0.0903. The third-order valence-corrected chi connectivity index (χ3v) is 5.59. The fraction of sp³-hybridized carbons (Fsp3) is 0.316. The number of rotatable bonds is 5. The van der Waals surface area contributed by atoms with Gasteiger partial charge < -0.3 is 15.0 Å². The molecule has 1 heterocycles. The first-order valence-electron chi connectivity index (χ1n) is 8.49. The number of nitrogens with zero attached hydrogens (tertiary/aromatic N) is 1. The van der Waals surface area contributed by atoms with Crippen LogP contribution in [0.25, 0.3) is 0 Å². The first-order chi connectivity index (χ1) is 12.9. The summed E-state index contributed by atoms with van der Waals surface area (Å²) in [5.74, 6) is -0.372. The Hall–Kier alpha value is -1.11. The van der Waals surface area contributed by atoms with Crippen molar-refractivity contribution >= 4 is 57.8 Å². The molecule has 0 spiro atoms. The molecule has 3 rings (SSSR count). The van der Waals surface area contributed by atoms with E-state index in [-0.39, 0.29) is 18.5 Å². The molecule has 1 aliphatic heterocycles. The molecular formula is C19H18Cl3FN2OS. The number of ether oxygens (including phenoxy) is 1. The first kappa shape index (κ1) is 20.6. The number of anilines is 1. The highest BCUT2D eigenvalue weighted by atomic mass is 35.5. The van der Waals surface area contributed by atoms with Gasteiger partial charge in [-0.25, -0.2) is 4.39 Å². The molecule has 0 bridgehead atoms. The predicted octanol–water partition coefficient (Wildman–Crippen LogP) is 6.16. The Labute approximate surface area is 178 Å². The van der Waals surface area contributed by atoms with Crippen LogP contribution in [-0.2, 0) is 11.3 Å². The maximum absolute atomic E-state index is 14.3. The maximum atomic E-state index is 14.3. The molecule has 1 saturated heterocycles. The Balaban J connectivity index is 1.82. The monoisotopic (exact) mass is 446 g/mol. The van der Waals surface area contributed by atoms with Gasteiger partial charge in [0.15, 0.2) is 5.11 Å². The van der Waals surface area contributed by atoms with Crippen LogP contribution in [0.4, 0.5) is 10.1 Å². The van der Waals surface area contributed by atoms with Crippen molar-refractivity contribution in [1.82, 2.24) is 4.90 Å². The fourth-order valence-corrected chi connectivity index (χ4v) is 3.72. The van der Waals surface area contributed by atoms with Crippen LogP contribution in [0.3, 0.4) is 0 Å². The second-order valence-corrected chi connectivity index (χ2v) is 7.91. The minimum atomic E-state index is -0.372. The summed E-state index contributed by atoms with van der Waals surface area (Å²) in [6.45, 7) is 1.46. The number of thiocarbonyl (C=S) groups is 1. The van der Waals surface area contributed by atoms with Gasteiger partial charge in [-0.2, -0.15) is 0 Å². The SMILES string of the molecule is Fc1cccc(Cl)c1CN(C[C@H]1CCCO1)C(=S)Nc1cc(Cl)ccc1Cl. The fourth-order valence-electron chi connectivity index (χ4n) is 2.92. The van der Waals surface area contributed by atoms with E-state index >= 15 is 0 Å². The van der Waals surface area contributed by atoms with Crippen LogP contribution in [0.15, 0.2) is 36.4 Å².